The molecule has 60 heavy (non-hydrogen) atoms. The van der Waals surface area contributed by atoms with Crippen molar-refractivity contribution in [2.45, 2.75) is 140 Å². The van der Waals surface area contributed by atoms with Crippen molar-refractivity contribution in [3.8, 4) is 11.8 Å². The quantitative estimate of drug-likeness (QED) is 0.236. The number of alkyl halides is 3. The fourth-order valence-corrected chi connectivity index (χ4v) is 9.35. The summed E-state index contributed by atoms with van der Waals surface area (Å²) in [5, 5.41) is 6.68. The van der Waals surface area contributed by atoms with Crippen LogP contribution < -0.4 is 24.8 Å². The Kier molecular flexibility index (Phi) is 12.5. The van der Waals surface area contributed by atoms with Gasteiger partial charge in [-0.15, -0.1) is 0 Å². The third kappa shape index (κ3) is 9.32. The van der Waals surface area contributed by atoms with Crippen LogP contribution in [0.5, 0.6) is 11.8 Å². The maximum Gasteiger partial charge on any atom is 0.408 e. The summed E-state index contributed by atoms with van der Waals surface area (Å²) in [7, 11) is -4.45. The molecule has 1 aromatic heterocycles. The van der Waals surface area contributed by atoms with Crippen molar-refractivity contribution in [3.05, 3.63) is 42.5 Å². The average Bonchev–Trinajstić information content (AvgIpc) is 4.05. The lowest BCUT2D eigenvalue weighted by atomic mass is 9.88. The molecule has 2 saturated carbocycles. The Balaban J connectivity index is 1.37. The number of allylic oxidation sites excluding steroid dienone is 1. The molecule has 4 aliphatic rings. The third-order valence-electron chi connectivity index (χ3n) is 12.3. The second kappa shape index (κ2) is 16.7. The smallest absolute Gasteiger partial charge is 0.408 e. The first-order valence-corrected chi connectivity index (χ1v) is 22.0. The highest BCUT2D eigenvalue weighted by Crippen LogP contribution is 2.48. The van der Waals surface area contributed by atoms with Crippen LogP contribution in [0.25, 0.3) is 10.8 Å². The number of nitrogens with one attached hydrogen (secondary N) is 3. The summed E-state index contributed by atoms with van der Waals surface area (Å²) in [5.74, 6) is -6.75. The molecule has 2 aliphatic carbocycles. The number of nitrogens with zero attached hydrogens (tertiary/aromatic N) is 2. The molecule has 1 unspecified atom stereocenters. The van der Waals surface area contributed by atoms with Crippen molar-refractivity contribution in [1.29, 1.82) is 0 Å². The zero-order chi connectivity index (χ0) is 44.0. The first kappa shape index (κ1) is 44.9. The number of fused-ring (bicyclic) bond motifs is 3. The van der Waals surface area contributed by atoms with Crippen molar-refractivity contribution in [3.63, 3.8) is 0 Å². The number of benzene rings is 1. The number of alkyl carbamates (subject to hydrolysis) is 1. The molecule has 3 heterocycles. The van der Waals surface area contributed by atoms with E-state index in [1.165, 1.54) is 4.90 Å². The van der Waals surface area contributed by atoms with E-state index in [4.69, 9.17) is 14.2 Å². The van der Waals surface area contributed by atoms with Crippen LogP contribution in [0.15, 0.2) is 42.5 Å². The van der Waals surface area contributed by atoms with Crippen LogP contribution in [-0.4, -0.2) is 101 Å². The minimum Gasteiger partial charge on any atom is -0.475 e. The number of carbonyl (C=O) groups is 4. The number of hydrogen-bond donors (Lipinski definition) is 3. The Morgan fingerprint density at radius 3 is 2.45 bits per heavy atom. The number of amides is 4. The van der Waals surface area contributed by atoms with Crippen LogP contribution in [0.3, 0.4) is 0 Å². The van der Waals surface area contributed by atoms with Crippen molar-refractivity contribution in [2.24, 2.45) is 17.8 Å². The molecule has 6 rings (SSSR count). The van der Waals surface area contributed by atoms with E-state index in [1.807, 2.05) is 43.7 Å². The largest absolute Gasteiger partial charge is 0.475 e. The highest BCUT2D eigenvalue weighted by Gasteiger charge is 2.64. The molecule has 4 amide bonds. The van der Waals surface area contributed by atoms with Crippen molar-refractivity contribution < 1.29 is 55.0 Å². The minimum absolute atomic E-state index is 0.0166. The van der Waals surface area contributed by atoms with Gasteiger partial charge in [0.25, 0.3) is 11.8 Å². The van der Waals surface area contributed by atoms with Crippen LogP contribution in [0.1, 0.15) is 93.4 Å². The molecule has 14 nitrogen and oxygen atoms in total. The summed E-state index contributed by atoms with van der Waals surface area (Å²) in [6.45, 7) is 8.72. The summed E-state index contributed by atoms with van der Waals surface area (Å²) in [6.07, 6.45) is 2.81. The second-order valence-corrected chi connectivity index (χ2v) is 20.0. The summed E-state index contributed by atoms with van der Waals surface area (Å²) >= 11 is 0. The van der Waals surface area contributed by atoms with E-state index in [9.17, 15) is 40.8 Å². The van der Waals surface area contributed by atoms with Gasteiger partial charge in [-0.3, -0.25) is 19.1 Å². The molecule has 0 bridgehead atoms. The van der Waals surface area contributed by atoms with Crippen LogP contribution in [0, 0.1) is 17.8 Å². The maximum absolute atomic E-state index is 14.9. The van der Waals surface area contributed by atoms with Crippen LogP contribution >= 0.6 is 0 Å². The predicted molar refractivity (Wildman–Crippen MR) is 215 cm³/mol. The standard InChI is InChI=1S/C42H56F3N5O9S/c1-24(2)57-32-19-27-13-9-11-15-30(27)35(46-32)58-29-20-31-34(51)48-42(37(53)49-60(55,56)41(23-43)16-17-41)21-28(42)14-10-8-12-25(3)18-26(4)33(36(52)50(31)22-29)47-38(54)59-39(5,6)40(7,44)45/h9-11,13-15,19,24-26,28-29,31,33H,8,12,16-18,20-23H2,1-7H3,(H,47,54)(H,48,51)(H,49,53)/b14-10-/t25-,26+,28?,29+,31-,33-,42+/m0/s1. The fourth-order valence-electron chi connectivity index (χ4n) is 7.92. The van der Waals surface area contributed by atoms with Crippen LogP contribution in [-0.2, 0) is 29.1 Å². The Hall–Kier alpha value is -4.61. The first-order valence-electron chi connectivity index (χ1n) is 20.5. The number of sulfonamides is 1. The lowest BCUT2D eigenvalue weighted by molar-refractivity contribution is -0.152. The van der Waals surface area contributed by atoms with Crippen LogP contribution in [0.4, 0.5) is 18.0 Å². The van der Waals surface area contributed by atoms with Gasteiger partial charge in [0.1, 0.15) is 35.1 Å². The number of aromatic nitrogens is 1. The van der Waals surface area contributed by atoms with Gasteiger partial charge in [0.15, 0.2) is 5.60 Å². The van der Waals surface area contributed by atoms with Gasteiger partial charge >= 0.3 is 6.09 Å². The molecule has 2 aromatic rings. The number of pyridine rings is 1. The number of carbonyl (C=O) groups excluding carboxylic acids is 4. The third-order valence-corrected chi connectivity index (χ3v) is 14.4. The van der Waals surface area contributed by atoms with Gasteiger partial charge in [-0.05, 0) is 89.5 Å². The molecule has 0 spiro atoms. The number of hydrogen-bond acceptors (Lipinski definition) is 10. The fraction of sp³-hybridized carbons (Fsp3) is 0.643. The van der Waals surface area contributed by atoms with E-state index in [0.29, 0.717) is 31.6 Å². The summed E-state index contributed by atoms with van der Waals surface area (Å²) in [6, 6.07) is 6.35. The van der Waals surface area contributed by atoms with Crippen LogP contribution in [0.2, 0.25) is 0 Å². The molecule has 3 N–H and O–H groups in total. The Bertz CT molecular complexity index is 2130. The van der Waals surface area contributed by atoms with E-state index in [2.05, 4.69) is 15.6 Å². The number of ether oxygens (including phenoxy) is 3. The van der Waals surface area contributed by atoms with Gasteiger partial charge in [-0.1, -0.05) is 44.2 Å². The molecule has 2 aliphatic heterocycles. The Labute approximate surface area is 348 Å². The lowest BCUT2D eigenvalue weighted by Crippen LogP contribution is -2.60. The molecule has 0 radical (unpaired) electrons. The minimum atomic E-state index is -4.45. The zero-order valence-corrected chi connectivity index (χ0v) is 35.9. The topological polar surface area (TPSA) is 182 Å². The Morgan fingerprint density at radius 1 is 1.10 bits per heavy atom. The van der Waals surface area contributed by atoms with Gasteiger partial charge in [0, 0.05) is 30.7 Å². The van der Waals surface area contributed by atoms with Crippen molar-refractivity contribution in [2.75, 3.05) is 13.2 Å². The zero-order valence-electron chi connectivity index (χ0n) is 35.1. The summed E-state index contributed by atoms with van der Waals surface area (Å²) in [5.41, 5.74) is -3.98. The highest BCUT2D eigenvalue weighted by molar-refractivity contribution is 7.91. The van der Waals surface area contributed by atoms with Gasteiger partial charge in [0.2, 0.25) is 33.6 Å². The van der Waals surface area contributed by atoms with E-state index < -0.39 is 92.3 Å². The Morgan fingerprint density at radius 2 is 1.80 bits per heavy atom. The molecule has 3 fully saturated rings. The average molecular weight is 864 g/mol. The number of rotatable bonds is 11. The predicted octanol–water partition coefficient (Wildman–Crippen LogP) is 5.73. The SMILES string of the molecule is CC(C)Oc1cc2ccccc2c(O[C@@H]2C[C@H]3C(=O)N[C@]4(C(=O)NS(=O)(=O)C5(CF)CC5)CC4/C=C\CC[C@H](C)C[C@@H](C)[C@H](NC(=O)OC(C)(C)C(C)(F)F)C(=O)N3C2)n1. The van der Waals surface area contributed by atoms with E-state index in [1.54, 1.807) is 31.2 Å². The monoisotopic (exact) mass is 863 g/mol. The van der Waals surface area contributed by atoms with E-state index in [0.717, 1.165) is 19.2 Å². The highest BCUT2D eigenvalue weighted by atomic mass is 32.2. The molecule has 18 heteroatoms. The molecule has 1 saturated heterocycles. The normalized spacial score (nSPS) is 28.9. The molecule has 7 atom stereocenters. The molecule has 1 aromatic carbocycles. The van der Waals surface area contributed by atoms with Crippen molar-refractivity contribution in [1.82, 2.24) is 25.2 Å². The molecular formula is C42H56F3N5O9S. The first-order chi connectivity index (χ1) is 28.0. The lowest BCUT2D eigenvalue weighted by Gasteiger charge is -2.35. The van der Waals surface area contributed by atoms with E-state index in [-0.39, 0.29) is 56.0 Å². The van der Waals surface area contributed by atoms with E-state index >= 15 is 0 Å². The maximum atomic E-state index is 14.9. The van der Waals surface area contributed by atoms with Gasteiger partial charge in [-0.25, -0.2) is 26.4 Å². The van der Waals surface area contributed by atoms with Gasteiger partial charge in [-0.2, -0.15) is 4.98 Å². The summed E-state index contributed by atoms with van der Waals surface area (Å²) < 4.78 is 87.1. The van der Waals surface area contributed by atoms with Gasteiger partial charge in [0.05, 0.1) is 12.6 Å². The van der Waals surface area contributed by atoms with Crippen molar-refractivity contribution >= 4 is 44.6 Å². The molecular weight excluding hydrogens is 808 g/mol. The summed E-state index contributed by atoms with van der Waals surface area (Å²) in [4.78, 5) is 62.6. The number of halogens is 3. The molecule has 330 valence electrons. The van der Waals surface area contributed by atoms with Gasteiger partial charge < -0.3 is 29.7 Å². The second-order valence-electron chi connectivity index (χ2n) is 17.9.